The second kappa shape index (κ2) is 9.07. The van der Waals surface area contributed by atoms with Crippen LogP contribution in [0.15, 0.2) is 53.9 Å². The van der Waals surface area contributed by atoms with Crippen LogP contribution in [0.2, 0.25) is 0 Å². The van der Waals surface area contributed by atoms with Crippen molar-refractivity contribution >= 4 is 34.0 Å². The normalized spacial score (nSPS) is 10.4. The Labute approximate surface area is 170 Å². The largest absolute Gasteiger partial charge is 0.356 e. The van der Waals surface area contributed by atoms with Gasteiger partial charge in [-0.3, -0.25) is 25.0 Å². The monoisotopic (exact) mass is 410 g/mol. The molecular formula is C20H18N4O4S. The van der Waals surface area contributed by atoms with Crippen LogP contribution in [0.4, 0.5) is 10.8 Å². The maximum absolute atomic E-state index is 12.4. The average Bonchev–Trinajstić information content (AvgIpc) is 3.16. The minimum absolute atomic E-state index is 0.0160. The van der Waals surface area contributed by atoms with Gasteiger partial charge in [-0.1, -0.05) is 36.4 Å². The lowest BCUT2D eigenvalue weighted by Crippen LogP contribution is -2.22. The number of para-hydroxylation sites is 1. The Kier molecular flexibility index (Phi) is 6.30. The van der Waals surface area contributed by atoms with Gasteiger partial charge in [0.25, 0.3) is 11.6 Å². The molecule has 0 bridgehead atoms. The van der Waals surface area contributed by atoms with Crippen molar-refractivity contribution in [3.8, 4) is 11.3 Å². The van der Waals surface area contributed by atoms with Crippen molar-refractivity contribution in [2.24, 2.45) is 0 Å². The van der Waals surface area contributed by atoms with E-state index in [2.05, 4.69) is 15.6 Å². The highest BCUT2D eigenvalue weighted by Gasteiger charge is 2.20. The minimum atomic E-state index is -0.588. The van der Waals surface area contributed by atoms with E-state index >= 15 is 0 Å². The third-order valence-electron chi connectivity index (χ3n) is 4.11. The molecule has 1 heterocycles. The van der Waals surface area contributed by atoms with Crippen molar-refractivity contribution in [2.75, 3.05) is 11.9 Å². The van der Waals surface area contributed by atoms with Crippen molar-refractivity contribution in [1.29, 1.82) is 0 Å². The molecule has 9 heteroatoms. The quantitative estimate of drug-likeness (QED) is 0.456. The van der Waals surface area contributed by atoms with Crippen molar-refractivity contribution in [1.82, 2.24) is 10.3 Å². The molecule has 2 N–H and O–H groups in total. The van der Waals surface area contributed by atoms with Gasteiger partial charge in [-0.25, -0.2) is 4.98 Å². The Hall–Kier alpha value is -3.59. The van der Waals surface area contributed by atoms with Gasteiger partial charge in [0.15, 0.2) is 5.13 Å². The molecule has 148 valence electrons. The molecule has 2 amide bonds. The summed E-state index contributed by atoms with van der Waals surface area (Å²) in [5.41, 5.74) is 2.40. The maximum Gasteiger partial charge on any atom is 0.282 e. The highest BCUT2D eigenvalue weighted by Crippen LogP contribution is 2.26. The van der Waals surface area contributed by atoms with Crippen LogP contribution in [0.1, 0.15) is 22.8 Å². The molecule has 2 aromatic carbocycles. The van der Waals surface area contributed by atoms with Gasteiger partial charge in [0.05, 0.1) is 10.6 Å². The fourth-order valence-corrected chi connectivity index (χ4v) is 3.39. The Bertz CT molecular complexity index is 1050. The second-order valence-electron chi connectivity index (χ2n) is 6.20. The van der Waals surface area contributed by atoms with Gasteiger partial charge in [0.2, 0.25) is 5.91 Å². The summed E-state index contributed by atoms with van der Waals surface area (Å²) in [6.07, 6.45) is 0.730. The topological polar surface area (TPSA) is 114 Å². The molecular weight excluding hydrogens is 392 g/mol. The lowest BCUT2D eigenvalue weighted by Gasteiger charge is -2.04. The predicted octanol–water partition coefficient (Wildman–Crippen LogP) is 3.65. The molecule has 29 heavy (non-hydrogen) atoms. The number of thiazole rings is 1. The average molecular weight is 410 g/mol. The number of benzene rings is 2. The first-order valence-electron chi connectivity index (χ1n) is 8.78. The first-order chi connectivity index (χ1) is 13.9. The molecule has 3 rings (SSSR count). The summed E-state index contributed by atoms with van der Waals surface area (Å²) < 4.78 is 0. The van der Waals surface area contributed by atoms with Crippen molar-refractivity contribution < 1.29 is 14.5 Å². The molecule has 0 atom stereocenters. The Morgan fingerprint density at radius 3 is 2.55 bits per heavy atom. The fraction of sp³-hybridized carbons (Fsp3) is 0.150. The molecule has 0 unspecified atom stereocenters. The number of nitro groups is 1. The number of nitro benzene ring substituents is 1. The highest BCUT2D eigenvalue weighted by molar-refractivity contribution is 7.14. The molecule has 0 saturated heterocycles. The molecule has 0 fully saturated rings. The van der Waals surface area contributed by atoms with E-state index in [0.29, 0.717) is 17.4 Å². The summed E-state index contributed by atoms with van der Waals surface area (Å²) in [6.45, 7) is 2.06. The molecule has 0 radical (unpaired) electrons. The first-order valence-corrected chi connectivity index (χ1v) is 9.66. The van der Waals surface area contributed by atoms with Crippen LogP contribution < -0.4 is 10.6 Å². The van der Waals surface area contributed by atoms with E-state index in [0.717, 1.165) is 17.5 Å². The van der Waals surface area contributed by atoms with E-state index in [4.69, 9.17) is 0 Å². The zero-order chi connectivity index (χ0) is 20.8. The molecule has 1 aromatic heterocycles. The summed E-state index contributed by atoms with van der Waals surface area (Å²) in [5, 5.41) is 18.6. The Balaban J connectivity index is 1.67. The number of hydrogen-bond acceptors (Lipinski definition) is 6. The van der Waals surface area contributed by atoms with Crippen LogP contribution in [-0.2, 0) is 11.2 Å². The van der Waals surface area contributed by atoms with Crippen LogP contribution in [-0.4, -0.2) is 28.3 Å². The molecule has 0 aliphatic heterocycles. The third kappa shape index (κ3) is 5.23. The van der Waals surface area contributed by atoms with E-state index in [1.54, 1.807) is 11.4 Å². The fourth-order valence-electron chi connectivity index (χ4n) is 2.68. The molecule has 3 aromatic rings. The molecule has 0 spiro atoms. The van der Waals surface area contributed by atoms with Crippen LogP contribution in [0, 0.1) is 10.1 Å². The van der Waals surface area contributed by atoms with Gasteiger partial charge in [-0.05, 0) is 18.1 Å². The summed E-state index contributed by atoms with van der Waals surface area (Å²) in [4.78, 5) is 38.2. The number of amides is 2. The summed E-state index contributed by atoms with van der Waals surface area (Å²) in [6, 6.07) is 13.5. The SMILES string of the molecule is CC(=O)NCCc1ccc(-c2csc(NC(=O)c3ccccc3[N+](=O)[O-])n2)cc1. The standard InChI is InChI=1S/C20H18N4O4S/c1-13(25)21-11-10-14-6-8-15(9-7-14)17-12-29-20(22-17)23-19(26)16-4-2-3-5-18(16)24(27)28/h2-9,12H,10-11H2,1H3,(H,21,25)(H,22,23,26). The number of anilines is 1. The number of nitrogens with one attached hydrogen (secondary N) is 2. The second-order valence-corrected chi connectivity index (χ2v) is 7.05. The van der Waals surface area contributed by atoms with Crippen molar-refractivity contribution in [3.05, 3.63) is 75.2 Å². The molecule has 8 nitrogen and oxygen atoms in total. The molecule has 0 aliphatic carbocycles. The van der Waals surface area contributed by atoms with Gasteiger partial charge in [-0.15, -0.1) is 11.3 Å². The number of carbonyl (C=O) groups excluding carboxylic acids is 2. The number of rotatable bonds is 7. The highest BCUT2D eigenvalue weighted by atomic mass is 32.1. The number of hydrogen-bond donors (Lipinski definition) is 2. The van der Waals surface area contributed by atoms with Gasteiger partial charge in [0.1, 0.15) is 5.56 Å². The van der Waals surface area contributed by atoms with Crippen LogP contribution in [0.5, 0.6) is 0 Å². The maximum atomic E-state index is 12.4. The number of nitrogens with zero attached hydrogens (tertiary/aromatic N) is 2. The van der Waals surface area contributed by atoms with Crippen molar-refractivity contribution in [3.63, 3.8) is 0 Å². The van der Waals surface area contributed by atoms with E-state index < -0.39 is 10.8 Å². The minimum Gasteiger partial charge on any atom is -0.356 e. The van der Waals surface area contributed by atoms with E-state index in [9.17, 15) is 19.7 Å². The zero-order valence-electron chi connectivity index (χ0n) is 15.5. The van der Waals surface area contributed by atoms with Crippen molar-refractivity contribution in [2.45, 2.75) is 13.3 Å². The van der Waals surface area contributed by atoms with Gasteiger partial charge in [0, 0.05) is 30.5 Å². The zero-order valence-corrected chi connectivity index (χ0v) is 16.4. The number of carbonyl (C=O) groups is 2. The van der Waals surface area contributed by atoms with Crippen LogP contribution in [0.3, 0.4) is 0 Å². The van der Waals surface area contributed by atoms with Gasteiger partial charge in [-0.2, -0.15) is 0 Å². The third-order valence-corrected chi connectivity index (χ3v) is 4.87. The first kappa shape index (κ1) is 20.2. The number of aromatic nitrogens is 1. The summed E-state index contributed by atoms with van der Waals surface area (Å²) >= 11 is 1.24. The van der Waals surface area contributed by atoms with Gasteiger partial charge >= 0.3 is 0 Å². The molecule has 0 saturated carbocycles. The predicted molar refractivity (Wildman–Crippen MR) is 111 cm³/mol. The van der Waals surface area contributed by atoms with E-state index in [1.807, 2.05) is 24.3 Å². The van der Waals surface area contributed by atoms with Crippen LogP contribution in [0.25, 0.3) is 11.3 Å². The summed E-state index contributed by atoms with van der Waals surface area (Å²) in [7, 11) is 0. The molecule has 0 aliphatic rings. The van der Waals surface area contributed by atoms with E-state index in [-0.39, 0.29) is 17.2 Å². The lowest BCUT2D eigenvalue weighted by atomic mass is 10.1. The summed E-state index contributed by atoms with van der Waals surface area (Å²) in [5.74, 6) is -0.633. The lowest BCUT2D eigenvalue weighted by molar-refractivity contribution is -0.385. The van der Waals surface area contributed by atoms with E-state index in [1.165, 1.54) is 36.5 Å². The van der Waals surface area contributed by atoms with Crippen LogP contribution >= 0.6 is 11.3 Å². The smallest absolute Gasteiger partial charge is 0.282 e. The Morgan fingerprint density at radius 1 is 1.14 bits per heavy atom. The Morgan fingerprint density at radius 2 is 1.86 bits per heavy atom. The van der Waals surface area contributed by atoms with Gasteiger partial charge < -0.3 is 5.32 Å².